The summed E-state index contributed by atoms with van der Waals surface area (Å²) in [5.41, 5.74) is 0.922. The number of carbonyl (C=O) groups is 1. The first-order chi connectivity index (χ1) is 9.08. The second kappa shape index (κ2) is 6.28. The van der Waals surface area contributed by atoms with Crippen LogP contribution in [0.1, 0.15) is 18.9 Å². The minimum absolute atomic E-state index is 0.0573. The van der Waals surface area contributed by atoms with E-state index >= 15 is 0 Å². The smallest absolute Gasteiger partial charge is 0.306 e. The average Bonchev–Trinajstić information content (AvgIpc) is 2.78. The molecule has 2 rings (SSSR count). The van der Waals surface area contributed by atoms with E-state index in [-0.39, 0.29) is 23.1 Å². The number of ether oxygens (including phenoxy) is 2. The molecule has 2 atom stereocenters. The fraction of sp³-hybridized carbons (Fsp3) is 0.500. The fourth-order valence-electron chi connectivity index (χ4n) is 2.03. The van der Waals surface area contributed by atoms with Crippen LogP contribution in [0, 0.1) is 5.82 Å². The first-order valence-corrected chi connectivity index (χ1v) is 7.27. The Morgan fingerprint density at radius 1 is 1.63 bits per heavy atom. The maximum atomic E-state index is 13.1. The third kappa shape index (κ3) is 3.86. The zero-order chi connectivity index (χ0) is 13.8. The van der Waals surface area contributed by atoms with Gasteiger partial charge in [0.05, 0.1) is 13.5 Å². The predicted octanol–water partition coefficient (Wildman–Crippen LogP) is 2.81. The molecule has 0 saturated carbocycles. The molecule has 1 aromatic rings. The minimum atomic E-state index is -0.227. The number of hydrogen-bond donors (Lipinski definition) is 0. The van der Waals surface area contributed by atoms with Crippen molar-refractivity contribution in [1.29, 1.82) is 0 Å². The number of halogens is 1. The van der Waals surface area contributed by atoms with Gasteiger partial charge in [-0.25, -0.2) is 4.39 Å². The lowest BCUT2D eigenvalue weighted by Gasteiger charge is -2.14. The van der Waals surface area contributed by atoms with E-state index in [0.717, 1.165) is 23.5 Å². The minimum Gasteiger partial charge on any atom is -0.489 e. The standard InChI is InChI=1S/C14H17FO3S/c1-9(5-14(16)17-2)19-8-12-7-10-6-11(15)3-4-13(10)18-12/h3-4,6,9,12H,5,7-8H2,1-2H3. The summed E-state index contributed by atoms with van der Waals surface area (Å²) in [6, 6.07) is 4.61. The number of thioether (sulfide) groups is 1. The topological polar surface area (TPSA) is 35.5 Å². The Morgan fingerprint density at radius 3 is 3.16 bits per heavy atom. The molecule has 104 valence electrons. The van der Waals surface area contributed by atoms with E-state index in [0.29, 0.717) is 6.42 Å². The summed E-state index contributed by atoms with van der Waals surface area (Å²) in [6.07, 6.45) is 1.18. The van der Waals surface area contributed by atoms with E-state index in [1.165, 1.54) is 19.2 Å². The third-order valence-electron chi connectivity index (χ3n) is 3.01. The zero-order valence-electron chi connectivity index (χ0n) is 11.0. The van der Waals surface area contributed by atoms with Gasteiger partial charge in [-0.15, -0.1) is 0 Å². The normalized spacial score (nSPS) is 18.6. The van der Waals surface area contributed by atoms with Gasteiger partial charge in [-0.1, -0.05) is 6.92 Å². The van der Waals surface area contributed by atoms with Crippen molar-refractivity contribution in [3.63, 3.8) is 0 Å². The van der Waals surface area contributed by atoms with Crippen molar-refractivity contribution in [2.75, 3.05) is 12.9 Å². The molecule has 0 fully saturated rings. The van der Waals surface area contributed by atoms with Crippen molar-refractivity contribution in [2.24, 2.45) is 0 Å². The van der Waals surface area contributed by atoms with Crippen molar-refractivity contribution in [2.45, 2.75) is 31.1 Å². The Hall–Kier alpha value is -1.23. The van der Waals surface area contributed by atoms with Gasteiger partial charge in [-0.3, -0.25) is 4.79 Å². The van der Waals surface area contributed by atoms with Crippen molar-refractivity contribution in [3.8, 4) is 5.75 Å². The van der Waals surface area contributed by atoms with Crippen LogP contribution in [0.5, 0.6) is 5.75 Å². The van der Waals surface area contributed by atoms with Crippen LogP contribution >= 0.6 is 11.8 Å². The van der Waals surface area contributed by atoms with Gasteiger partial charge in [0.15, 0.2) is 0 Å². The van der Waals surface area contributed by atoms with E-state index in [4.69, 9.17) is 4.74 Å². The second-order valence-corrected chi connectivity index (χ2v) is 6.09. The highest BCUT2D eigenvalue weighted by molar-refractivity contribution is 7.99. The Kier molecular flexibility index (Phi) is 4.69. The van der Waals surface area contributed by atoms with Gasteiger partial charge in [0.25, 0.3) is 0 Å². The Balaban J connectivity index is 1.79. The lowest BCUT2D eigenvalue weighted by atomic mass is 10.1. The molecule has 1 heterocycles. The summed E-state index contributed by atoms with van der Waals surface area (Å²) < 4.78 is 23.4. The molecule has 0 saturated heterocycles. The van der Waals surface area contributed by atoms with Gasteiger partial charge in [0, 0.05) is 23.0 Å². The summed E-state index contributed by atoms with van der Waals surface area (Å²) in [4.78, 5) is 11.1. The molecule has 0 N–H and O–H groups in total. The van der Waals surface area contributed by atoms with Crippen LogP contribution in [0.2, 0.25) is 0 Å². The first-order valence-electron chi connectivity index (χ1n) is 6.22. The van der Waals surface area contributed by atoms with Gasteiger partial charge in [-0.2, -0.15) is 11.8 Å². The quantitative estimate of drug-likeness (QED) is 0.779. The summed E-state index contributed by atoms with van der Waals surface area (Å²) >= 11 is 1.67. The molecule has 0 bridgehead atoms. The summed E-state index contributed by atoms with van der Waals surface area (Å²) in [7, 11) is 1.39. The molecule has 0 radical (unpaired) electrons. The van der Waals surface area contributed by atoms with Crippen molar-refractivity contribution in [3.05, 3.63) is 29.6 Å². The molecule has 1 aliphatic rings. The zero-order valence-corrected chi connectivity index (χ0v) is 11.8. The average molecular weight is 284 g/mol. The lowest BCUT2D eigenvalue weighted by molar-refractivity contribution is -0.140. The highest BCUT2D eigenvalue weighted by atomic mass is 32.2. The van der Waals surface area contributed by atoms with E-state index < -0.39 is 0 Å². The SMILES string of the molecule is COC(=O)CC(C)SCC1Cc2cc(F)ccc2O1. The van der Waals surface area contributed by atoms with Crippen LogP contribution in [-0.4, -0.2) is 30.2 Å². The Labute approximate surface area is 116 Å². The van der Waals surface area contributed by atoms with E-state index in [9.17, 15) is 9.18 Å². The molecule has 2 unspecified atom stereocenters. The van der Waals surface area contributed by atoms with Gasteiger partial charge in [0.1, 0.15) is 17.7 Å². The van der Waals surface area contributed by atoms with Crippen LogP contribution in [0.25, 0.3) is 0 Å². The maximum absolute atomic E-state index is 13.1. The molecule has 0 aromatic heterocycles. The number of fused-ring (bicyclic) bond motifs is 1. The molecular weight excluding hydrogens is 267 g/mol. The Morgan fingerprint density at radius 2 is 2.42 bits per heavy atom. The summed E-state index contributed by atoms with van der Waals surface area (Å²) in [5, 5.41) is 0.191. The van der Waals surface area contributed by atoms with Crippen LogP contribution in [-0.2, 0) is 16.0 Å². The van der Waals surface area contributed by atoms with Crippen molar-refractivity contribution >= 4 is 17.7 Å². The second-order valence-electron chi connectivity index (χ2n) is 4.62. The highest BCUT2D eigenvalue weighted by Gasteiger charge is 2.24. The lowest BCUT2D eigenvalue weighted by Crippen LogP contribution is -2.19. The fourth-order valence-corrected chi connectivity index (χ4v) is 3.01. The molecule has 1 aromatic carbocycles. The number of hydrogen-bond acceptors (Lipinski definition) is 4. The largest absolute Gasteiger partial charge is 0.489 e. The van der Waals surface area contributed by atoms with Gasteiger partial charge < -0.3 is 9.47 Å². The maximum Gasteiger partial charge on any atom is 0.306 e. The summed E-state index contributed by atoms with van der Waals surface area (Å²) in [6.45, 7) is 1.99. The molecule has 3 nitrogen and oxygen atoms in total. The number of rotatable bonds is 5. The molecule has 0 amide bonds. The number of methoxy groups -OCH3 is 1. The molecular formula is C14H17FO3S. The van der Waals surface area contributed by atoms with Gasteiger partial charge in [-0.05, 0) is 18.2 Å². The van der Waals surface area contributed by atoms with Crippen LogP contribution in [0.4, 0.5) is 4.39 Å². The summed E-state index contributed by atoms with van der Waals surface area (Å²) in [5.74, 6) is 1.13. The monoisotopic (exact) mass is 284 g/mol. The first kappa shape index (κ1) is 14.2. The van der Waals surface area contributed by atoms with E-state index in [1.807, 2.05) is 6.92 Å². The molecule has 19 heavy (non-hydrogen) atoms. The molecule has 5 heteroatoms. The van der Waals surface area contributed by atoms with Crippen molar-refractivity contribution < 1.29 is 18.7 Å². The van der Waals surface area contributed by atoms with Crippen LogP contribution < -0.4 is 4.74 Å². The molecule has 0 spiro atoms. The number of benzene rings is 1. The van der Waals surface area contributed by atoms with E-state index in [1.54, 1.807) is 17.8 Å². The molecule has 0 aliphatic carbocycles. The van der Waals surface area contributed by atoms with Crippen molar-refractivity contribution in [1.82, 2.24) is 0 Å². The number of carbonyl (C=O) groups excluding carboxylic acids is 1. The third-order valence-corrected chi connectivity index (χ3v) is 4.31. The Bertz CT molecular complexity index is 464. The predicted molar refractivity (Wildman–Crippen MR) is 73.1 cm³/mol. The highest BCUT2D eigenvalue weighted by Crippen LogP contribution is 2.31. The van der Waals surface area contributed by atoms with Crippen LogP contribution in [0.3, 0.4) is 0 Å². The van der Waals surface area contributed by atoms with E-state index in [2.05, 4.69) is 4.74 Å². The number of esters is 1. The van der Waals surface area contributed by atoms with Gasteiger partial charge in [0.2, 0.25) is 0 Å². The molecule has 1 aliphatic heterocycles. The van der Waals surface area contributed by atoms with Crippen LogP contribution in [0.15, 0.2) is 18.2 Å². The van der Waals surface area contributed by atoms with Gasteiger partial charge >= 0.3 is 5.97 Å².